The van der Waals surface area contributed by atoms with Crippen molar-refractivity contribution in [2.24, 2.45) is 0 Å². The van der Waals surface area contributed by atoms with Crippen molar-refractivity contribution >= 4 is 21.9 Å². The highest BCUT2D eigenvalue weighted by atomic mass is 32.2. The first-order valence-corrected chi connectivity index (χ1v) is 5.35. The van der Waals surface area contributed by atoms with Gasteiger partial charge in [-0.1, -0.05) is 0 Å². The molecule has 0 spiro atoms. The van der Waals surface area contributed by atoms with Gasteiger partial charge in [-0.25, -0.2) is 13.5 Å². The van der Waals surface area contributed by atoms with Gasteiger partial charge in [0, 0.05) is 14.1 Å². The molecule has 7 nitrogen and oxygen atoms in total. The molecule has 1 heterocycles. The SMILES string of the molecule is CN(C)c1n[nH]c(NS(C)(=O)=O)n1. The maximum absolute atomic E-state index is 10.8. The van der Waals surface area contributed by atoms with Crippen molar-refractivity contribution < 1.29 is 8.42 Å². The molecule has 8 heteroatoms. The summed E-state index contributed by atoms with van der Waals surface area (Å²) in [6, 6.07) is 0. The lowest BCUT2D eigenvalue weighted by atomic mass is 10.8. The number of sulfonamides is 1. The normalized spacial score (nSPS) is 11.3. The van der Waals surface area contributed by atoms with Gasteiger partial charge in [0.1, 0.15) is 0 Å². The number of hydrogen-bond donors (Lipinski definition) is 2. The number of H-pyrrole nitrogens is 1. The molecule has 2 N–H and O–H groups in total. The van der Waals surface area contributed by atoms with Crippen LogP contribution in [0.25, 0.3) is 0 Å². The monoisotopic (exact) mass is 205 g/mol. The Hall–Kier alpha value is -1.31. The molecule has 0 atom stereocenters. The van der Waals surface area contributed by atoms with Crippen molar-refractivity contribution in [1.82, 2.24) is 15.2 Å². The largest absolute Gasteiger partial charge is 0.346 e. The number of rotatable bonds is 3. The minimum absolute atomic E-state index is 0.117. The average molecular weight is 205 g/mol. The molecule has 0 aliphatic heterocycles. The number of hydrogen-bond acceptors (Lipinski definition) is 5. The third-order valence-corrected chi connectivity index (χ3v) is 1.72. The third kappa shape index (κ3) is 2.90. The van der Waals surface area contributed by atoms with Gasteiger partial charge in [0.15, 0.2) is 0 Å². The second-order valence-corrected chi connectivity index (χ2v) is 4.50. The maximum atomic E-state index is 10.8. The molecule has 0 unspecified atom stereocenters. The van der Waals surface area contributed by atoms with E-state index < -0.39 is 10.0 Å². The first-order valence-electron chi connectivity index (χ1n) is 3.46. The van der Waals surface area contributed by atoms with Crippen molar-refractivity contribution in [3.63, 3.8) is 0 Å². The van der Waals surface area contributed by atoms with Crippen LogP contribution in [0, 0.1) is 0 Å². The zero-order valence-electron chi connectivity index (χ0n) is 7.57. The number of aromatic amines is 1. The second kappa shape index (κ2) is 3.21. The summed E-state index contributed by atoms with van der Waals surface area (Å²) in [5.41, 5.74) is 0. The van der Waals surface area contributed by atoms with E-state index >= 15 is 0 Å². The fourth-order valence-electron chi connectivity index (χ4n) is 0.674. The first-order chi connectivity index (χ1) is 5.88. The molecular formula is C5H11N5O2S. The molecule has 13 heavy (non-hydrogen) atoms. The average Bonchev–Trinajstić information content (AvgIpc) is 2.31. The Balaban J connectivity index is 2.81. The van der Waals surface area contributed by atoms with E-state index in [0.717, 1.165) is 6.26 Å². The van der Waals surface area contributed by atoms with E-state index in [4.69, 9.17) is 0 Å². The fraction of sp³-hybridized carbons (Fsp3) is 0.600. The Morgan fingerprint density at radius 3 is 2.46 bits per heavy atom. The third-order valence-electron chi connectivity index (χ3n) is 1.16. The summed E-state index contributed by atoms with van der Waals surface area (Å²) in [5.74, 6) is 0.539. The van der Waals surface area contributed by atoms with E-state index in [-0.39, 0.29) is 5.95 Å². The van der Waals surface area contributed by atoms with Crippen molar-refractivity contribution in [1.29, 1.82) is 0 Å². The minimum Gasteiger partial charge on any atom is -0.346 e. The van der Waals surface area contributed by atoms with E-state index in [1.54, 1.807) is 19.0 Å². The molecule has 0 aromatic carbocycles. The lowest BCUT2D eigenvalue weighted by molar-refractivity contribution is 0.606. The van der Waals surface area contributed by atoms with Gasteiger partial charge >= 0.3 is 0 Å². The molecule has 0 amide bonds. The van der Waals surface area contributed by atoms with Gasteiger partial charge < -0.3 is 4.90 Å². The number of aromatic nitrogens is 3. The van der Waals surface area contributed by atoms with Crippen molar-refractivity contribution in [3.05, 3.63) is 0 Å². The summed E-state index contributed by atoms with van der Waals surface area (Å²) in [4.78, 5) is 5.52. The Morgan fingerprint density at radius 1 is 1.46 bits per heavy atom. The lowest BCUT2D eigenvalue weighted by Gasteiger charge is -2.03. The van der Waals surface area contributed by atoms with Gasteiger partial charge in [0.05, 0.1) is 6.26 Å². The van der Waals surface area contributed by atoms with Crippen LogP contribution in [0.3, 0.4) is 0 Å². The summed E-state index contributed by atoms with van der Waals surface area (Å²) in [6.07, 6.45) is 1.05. The van der Waals surface area contributed by atoms with Gasteiger partial charge in [-0.05, 0) is 0 Å². The lowest BCUT2D eigenvalue weighted by Crippen LogP contribution is -2.12. The van der Waals surface area contributed by atoms with Crippen LogP contribution in [0.15, 0.2) is 0 Å². The summed E-state index contributed by atoms with van der Waals surface area (Å²) in [6.45, 7) is 0. The zero-order chi connectivity index (χ0) is 10.1. The number of nitrogens with one attached hydrogen (secondary N) is 2. The highest BCUT2D eigenvalue weighted by molar-refractivity contribution is 7.91. The van der Waals surface area contributed by atoms with Crippen LogP contribution >= 0.6 is 0 Å². The molecule has 0 fully saturated rings. The van der Waals surface area contributed by atoms with Crippen molar-refractivity contribution in [2.75, 3.05) is 30.0 Å². The van der Waals surface area contributed by atoms with Gasteiger partial charge in [0.2, 0.25) is 21.9 Å². The van der Waals surface area contributed by atoms with Gasteiger partial charge in [-0.3, -0.25) is 4.72 Å². The van der Waals surface area contributed by atoms with Crippen molar-refractivity contribution in [2.45, 2.75) is 0 Å². The highest BCUT2D eigenvalue weighted by Crippen LogP contribution is 2.06. The van der Waals surface area contributed by atoms with Crippen LogP contribution in [0.1, 0.15) is 0 Å². The molecule has 0 saturated carbocycles. The molecule has 1 aromatic rings. The Morgan fingerprint density at radius 2 is 2.08 bits per heavy atom. The van der Waals surface area contributed by atoms with E-state index in [0.29, 0.717) is 5.95 Å². The van der Waals surface area contributed by atoms with Gasteiger partial charge in [0.25, 0.3) is 0 Å². The smallest absolute Gasteiger partial charge is 0.245 e. The van der Waals surface area contributed by atoms with Crippen LogP contribution in [0.4, 0.5) is 11.9 Å². The molecule has 0 saturated heterocycles. The van der Waals surface area contributed by atoms with Crippen LogP contribution in [0.2, 0.25) is 0 Å². The van der Waals surface area contributed by atoms with Gasteiger partial charge in [-0.15, -0.1) is 5.10 Å². The number of nitrogens with zero attached hydrogens (tertiary/aromatic N) is 3. The van der Waals surface area contributed by atoms with Gasteiger partial charge in [-0.2, -0.15) is 4.98 Å². The van der Waals surface area contributed by atoms with E-state index in [2.05, 4.69) is 19.9 Å². The molecule has 0 aliphatic rings. The predicted molar refractivity (Wildman–Crippen MR) is 49.2 cm³/mol. The molecule has 0 bridgehead atoms. The topological polar surface area (TPSA) is 91.0 Å². The second-order valence-electron chi connectivity index (χ2n) is 2.75. The summed E-state index contributed by atoms with van der Waals surface area (Å²) in [7, 11) is 0.223. The molecule has 74 valence electrons. The van der Waals surface area contributed by atoms with Crippen LogP contribution < -0.4 is 9.62 Å². The van der Waals surface area contributed by atoms with Crippen molar-refractivity contribution in [3.8, 4) is 0 Å². The maximum Gasteiger partial charge on any atom is 0.245 e. The summed E-state index contributed by atoms with van der Waals surface area (Å²) in [5, 5.41) is 6.21. The molecule has 1 aromatic heterocycles. The summed E-state index contributed by atoms with van der Waals surface area (Å²) < 4.78 is 23.7. The first kappa shape index (κ1) is 9.78. The summed E-state index contributed by atoms with van der Waals surface area (Å²) >= 11 is 0. The molecular weight excluding hydrogens is 194 g/mol. The zero-order valence-corrected chi connectivity index (χ0v) is 8.38. The van der Waals surface area contributed by atoms with E-state index in [1.807, 2.05) is 0 Å². The number of anilines is 2. The van der Waals surface area contributed by atoms with E-state index in [9.17, 15) is 8.42 Å². The fourth-order valence-corrected chi connectivity index (χ4v) is 1.12. The standard InChI is InChI=1S/C5H11N5O2S/c1-10(2)5-6-4(7-8-5)9-13(3,11)12/h1-3H3,(H2,6,7,8,9). The minimum atomic E-state index is -3.29. The molecule has 0 radical (unpaired) electrons. The Labute approximate surface area is 76.2 Å². The van der Waals surface area contributed by atoms with Crippen LogP contribution in [-0.2, 0) is 10.0 Å². The quantitative estimate of drug-likeness (QED) is 0.677. The Kier molecular flexibility index (Phi) is 2.41. The van der Waals surface area contributed by atoms with Crippen LogP contribution in [0.5, 0.6) is 0 Å². The highest BCUT2D eigenvalue weighted by Gasteiger charge is 2.07. The molecule has 1 rings (SSSR count). The Bertz CT molecular complexity index is 381. The predicted octanol–water partition coefficient (Wildman–Crippen LogP) is -0.758. The van der Waals surface area contributed by atoms with Crippen LogP contribution in [-0.4, -0.2) is 44.0 Å². The molecule has 0 aliphatic carbocycles. The van der Waals surface area contributed by atoms with E-state index in [1.165, 1.54) is 0 Å².